The van der Waals surface area contributed by atoms with E-state index in [0.717, 1.165) is 6.07 Å². The zero-order chi connectivity index (χ0) is 22.9. The van der Waals surface area contributed by atoms with E-state index in [-0.39, 0.29) is 33.2 Å². The number of aliphatic imine (C=N–C) groups is 1. The maximum Gasteiger partial charge on any atom is 0.417 e. The lowest BCUT2D eigenvalue weighted by molar-refractivity contribution is -0.137. The highest BCUT2D eigenvalue weighted by Gasteiger charge is 2.36. The van der Waals surface area contributed by atoms with Crippen LogP contribution in [0.4, 0.5) is 18.9 Å². The van der Waals surface area contributed by atoms with Gasteiger partial charge in [-0.2, -0.15) is 13.2 Å². The van der Waals surface area contributed by atoms with E-state index in [0.29, 0.717) is 11.3 Å². The molecular formula is C22H13ClF3N3O3. The predicted molar refractivity (Wildman–Crippen MR) is 112 cm³/mol. The molecule has 0 radical (unpaired) electrons. The van der Waals surface area contributed by atoms with Crippen LogP contribution in [0.1, 0.15) is 21.5 Å². The van der Waals surface area contributed by atoms with E-state index in [4.69, 9.17) is 21.2 Å². The van der Waals surface area contributed by atoms with E-state index < -0.39 is 17.7 Å². The quantitative estimate of drug-likeness (QED) is 0.335. The summed E-state index contributed by atoms with van der Waals surface area (Å²) in [6.07, 6.45) is -0.137. The minimum absolute atomic E-state index is 0.0773. The molecule has 4 rings (SSSR count). The number of carboxylic acids is 1. The van der Waals surface area contributed by atoms with Gasteiger partial charge in [0, 0.05) is 29.7 Å². The fourth-order valence-electron chi connectivity index (χ4n) is 3.10. The number of alkyl halides is 3. The Kier molecular flexibility index (Phi) is 5.58. The van der Waals surface area contributed by atoms with Crippen molar-refractivity contribution < 1.29 is 27.6 Å². The summed E-state index contributed by atoms with van der Waals surface area (Å²) in [5.74, 6) is -0.893. The second-order valence-corrected chi connectivity index (χ2v) is 7.05. The van der Waals surface area contributed by atoms with Crippen LogP contribution in [0, 0.1) is 0 Å². The Labute approximate surface area is 184 Å². The highest BCUT2D eigenvalue weighted by Crippen LogP contribution is 2.43. The van der Waals surface area contributed by atoms with Gasteiger partial charge in [-0.1, -0.05) is 22.8 Å². The third kappa shape index (κ3) is 4.15. The van der Waals surface area contributed by atoms with E-state index in [2.05, 4.69) is 15.1 Å². The molecule has 2 heterocycles. The lowest BCUT2D eigenvalue weighted by Gasteiger charge is -2.13. The second-order valence-electron chi connectivity index (χ2n) is 6.64. The van der Waals surface area contributed by atoms with Gasteiger partial charge in [0.15, 0.2) is 5.76 Å². The van der Waals surface area contributed by atoms with Crippen LogP contribution in [-0.2, 0) is 6.18 Å². The zero-order valence-electron chi connectivity index (χ0n) is 16.0. The minimum atomic E-state index is -4.67. The molecule has 2 aromatic carbocycles. The summed E-state index contributed by atoms with van der Waals surface area (Å²) in [7, 11) is 0. The predicted octanol–water partition coefficient (Wildman–Crippen LogP) is 6.46. The molecule has 0 spiro atoms. The van der Waals surface area contributed by atoms with Gasteiger partial charge in [-0.15, -0.1) is 0 Å². The third-order valence-corrected chi connectivity index (χ3v) is 4.92. The molecule has 0 unspecified atom stereocenters. The Bertz CT molecular complexity index is 1290. The lowest BCUT2D eigenvalue weighted by atomic mass is 9.99. The molecule has 2 N–H and O–H groups in total. The topological polar surface area (TPSA) is 91.5 Å². The average molecular weight is 460 g/mol. The van der Waals surface area contributed by atoms with Crippen molar-refractivity contribution in [3.8, 4) is 22.6 Å². The number of aromatic carboxylic acids is 1. The molecule has 162 valence electrons. The first-order valence-electron chi connectivity index (χ1n) is 9.12. The first-order chi connectivity index (χ1) is 15.3. The first-order valence-corrected chi connectivity index (χ1v) is 9.50. The van der Waals surface area contributed by atoms with Crippen molar-refractivity contribution in [3.63, 3.8) is 0 Å². The summed E-state index contributed by atoms with van der Waals surface area (Å²) in [5, 5.41) is 12.8. The molecule has 0 saturated heterocycles. The number of aromatic nitrogens is 2. The molecule has 4 aromatic rings. The van der Waals surface area contributed by atoms with Gasteiger partial charge in [0.2, 0.25) is 0 Å². The lowest BCUT2D eigenvalue weighted by Crippen LogP contribution is -2.08. The monoisotopic (exact) mass is 459 g/mol. The van der Waals surface area contributed by atoms with E-state index in [1.54, 1.807) is 18.5 Å². The van der Waals surface area contributed by atoms with Crippen molar-refractivity contribution in [1.29, 1.82) is 0 Å². The van der Waals surface area contributed by atoms with Gasteiger partial charge in [0.25, 0.3) is 0 Å². The Morgan fingerprint density at radius 2 is 1.91 bits per heavy atom. The van der Waals surface area contributed by atoms with Gasteiger partial charge in [0.1, 0.15) is 5.69 Å². The van der Waals surface area contributed by atoms with Gasteiger partial charge in [0.05, 0.1) is 27.4 Å². The molecule has 6 nitrogen and oxygen atoms in total. The summed E-state index contributed by atoms with van der Waals surface area (Å²) >= 11 is 6.15. The normalized spacial score (nSPS) is 11.9. The maximum atomic E-state index is 13.7. The van der Waals surface area contributed by atoms with E-state index in [1.807, 2.05) is 0 Å². The van der Waals surface area contributed by atoms with Crippen LogP contribution in [-0.4, -0.2) is 27.4 Å². The number of hydrogen-bond acceptors (Lipinski definition) is 4. The highest BCUT2D eigenvalue weighted by atomic mass is 35.5. The summed E-state index contributed by atoms with van der Waals surface area (Å²) < 4.78 is 46.4. The van der Waals surface area contributed by atoms with Crippen LogP contribution in [0.25, 0.3) is 22.6 Å². The smallest absolute Gasteiger partial charge is 0.417 e. The third-order valence-electron chi connectivity index (χ3n) is 4.60. The van der Waals surface area contributed by atoms with E-state index in [9.17, 15) is 18.0 Å². The van der Waals surface area contributed by atoms with Crippen molar-refractivity contribution in [2.24, 2.45) is 4.99 Å². The summed E-state index contributed by atoms with van der Waals surface area (Å²) in [6, 6.07) is 10.8. The zero-order valence-corrected chi connectivity index (χ0v) is 16.8. The van der Waals surface area contributed by atoms with Crippen molar-refractivity contribution >= 4 is 29.5 Å². The summed E-state index contributed by atoms with van der Waals surface area (Å²) in [4.78, 5) is 18.1. The molecule has 0 amide bonds. The molecule has 0 aliphatic heterocycles. The van der Waals surface area contributed by atoms with Gasteiger partial charge in [-0.3, -0.25) is 4.99 Å². The Balaban J connectivity index is 1.87. The molecule has 0 atom stereocenters. The van der Waals surface area contributed by atoms with Crippen LogP contribution < -0.4 is 0 Å². The SMILES string of the molecule is O=C(O)c1ccc(N=Cc2c(-c3c(Cl)cccc3C(F)(F)F)noc2-c2cc[nH]c2)cc1. The van der Waals surface area contributed by atoms with Crippen LogP contribution in [0.15, 0.2) is 70.4 Å². The molecule has 0 bridgehead atoms. The van der Waals surface area contributed by atoms with Crippen LogP contribution >= 0.6 is 11.6 Å². The molecule has 0 aliphatic carbocycles. The van der Waals surface area contributed by atoms with Crippen molar-refractivity contribution in [2.75, 3.05) is 0 Å². The number of nitrogens with one attached hydrogen (secondary N) is 1. The highest BCUT2D eigenvalue weighted by molar-refractivity contribution is 6.33. The molecule has 0 saturated carbocycles. The Hall–Kier alpha value is -3.85. The molecule has 0 fully saturated rings. The van der Waals surface area contributed by atoms with Crippen molar-refractivity contribution in [1.82, 2.24) is 10.1 Å². The fraction of sp³-hybridized carbons (Fsp3) is 0.0455. The standard InChI is InChI=1S/C22H13ClF3N3O3/c23-17-3-1-2-16(22(24,25)26)18(17)19-15(20(32-29-19)13-8-9-27-10-13)11-28-14-6-4-12(5-7-14)21(30)31/h1-11,27H,(H,30,31). The fourth-order valence-corrected chi connectivity index (χ4v) is 3.36. The summed E-state index contributed by atoms with van der Waals surface area (Å²) in [5.41, 5.74) is -0.206. The average Bonchev–Trinajstić information content (AvgIpc) is 3.41. The number of benzene rings is 2. The molecule has 2 aromatic heterocycles. The van der Waals surface area contributed by atoms with Crippen molar-refractivity contribution in [3.05, 3.63) is 82.6 Å². The second kappa shape index (κ2) is 8.35. The van der Waals surface area contributed by atoms with Gasteiger partial charge < -0.3 is 14.6 Å². The number of carbonyl (C=O) groups is 1. The van der Waals surface area contributed by atoms with Crippen molar-refractivity contribution in [2.45, 2.75) is 6.18 Å². The number of aromatic amines is 1. The largest absolute Gasteiger partial charge is 0.478 e. The Morgan fingerprint density at radius 3 is 2.53 bits per heavy atom. The van der Waals surface area contributed by atoms with E-state index in [1.165, 1.54) is 42.6 Å². The van der Waals surface area contributed by atoms with Crippen LogP contribution in [0.5, 0.6) is 0 Å². The first kappa shape index (κ1) is 21.4. The maximum absolute atomic E-state index is 13.7. The van der Waals surface area contributed by atoms with Gasteiger partial charge >= 0.3 is 12.1 Å². The minimum Gasteiger partial charge on any atom is -0.478 e. The number of hydrogen-bond donors (Lipinski definition) is 2. The van der Waals surface area contributed by atoms with E-state index >= 15 is 0 Å². The number of carboxylic acid groups (broad SMARTS) is 1. The molecule has 32 heavy (non-hydrogen) atoms. The summed E-state index contributed by atoms with van der Waals surface area (Å²) in [6.45, 7) is 0. The van der Waals surface area contributed by atoms with Gasteiger partial charge in [-0.05, 0) is 42.5 Å². The number of H-pyrrole nitrogens is 1. The van der Waals surface area contributed by atoms with Crippen LogP contribution in [0.2, 0.25) is 5.02 Å². The number of rotatable bonds is 5. The Morgan fingerprint density at radius 1 is 1.16 bits per heavy atom. The molecular weight excluding hydrogens is 447 g/mol. The molecule has 10 heteroatoms. The number of nitrogens with zero attached hydrogens (tertiary/aromatic N) is 2. The van der Waals surface area contributed by atoms with Gasteiger partial charge in [-0.25, -0.2) is 4.79 Å². The van der Waals surface area contributed by atoms with Crippen LogP contribution in [0.3, 0.4) is 0 Å². The number of halogens is 4. The molecule has 0 aliphatic rings.